The van der Waals surface area contributed by atoms with Crippen LogP contribution in [-0.2, 0) is 11.2 Å². The summed E-state index contributed by atoms with van der Waals surface area (Å²) in [4.78, 5) is 27.8. The molecule has 6 nitrogen and oxygen atoms in total. The monoisotopic (exact) mass is 285 g/mol. The summed E-state index contributed by atoms with van der Waals surface area (Å²) < 4.78 is 0. The van der Waals surface area contributed by atoms with Crippen molar-refractivity contribution >= 4 is 28.5 Å². The SMILES string of the molecule is CCc1nc(NC(=O)NCC(CC)C(=O)O)sc1C. The summed E-state index contributed by atoms with van der Waals surface area (Å²) in [6.45, 7) is 5.85. The third kappa shape index (κ3) is 4.51. The molecule has 0 aliphatic carbocycles. The summed E-state index contributed by atoms with van der Waals surface area (Å²) in [7, 11) is 0. The molecular weight excluding hydrogens is 266 g/mol. The van der Waals surface area contributed by atoms with Crippen LogP contribution in [0.3, 0.4) is 0 Å². The van der Waals surface area contributed by atoms with Crippen LogP contribution >= 0.6 is 11.3 Å². The van der Waals surface area contributed by atoms with E-state index >= 15 is 0 Å². The molecule has 0 aromatic carbocycles. The van der Waals surface area contributed by atoms with Crippen LogP contribution in [0.25, 0.3) is 0 Å². The molecule has 0 radical (unpaired) electrons. The second kappa shape index (κ2) is 7.08. The third-order valence-corrected chi connectivity index (χ3v) is 3.73. The van der Waals surface area contributed by atoms with E-state index in [4.69, 9.17) is 5.11 Å². The Bertz CT molecular complexity index is 459. The van der Waals surface area contributed by atoms with Gasteiger partial charge in [-0.25, -0.2) is 9.78 Å². The number of nitrogens with zero attached hydrogens (tertiary/aromatic N) is 1. The van der Waals surface area contributed by atoms with Gasteiger partial charge >= 0.3 is 12.0 Å². The molecule has 1 unspecified atom stereocenters. The van der Waals surface area contributed by atoms with Crippen LogP contribution in [0.15, 0.2) is 0 Å². The van der Waals surface area contributed by atoms with Crippen LogP contribution in [0.4, 0.5) is 9.93 Å². The van der Waals surface area contributed by atoms with Gasteiger partial charge < -0.3 is 10.4 Å². The number of aliphatic carboxylic acids is 1. The highest BCUT2D eigenvalue weighted by Crippen LogP contribution is 2.22. The molecule has 1 aromatic rings. The van der Waals surface area contributed by atoms with Gasteiger partial charge in [-0.3, -0.25) is 10.1 Å². The number of carboxylic acid groups (broad SMARTS) is 1. The lowest BCUT2D eigenvalue weighted by Gasteiger charge is -2.10. The summed E-state index contributed by atoms with van der Waals surface area (Å²) >= 11 is 1.41. The standard InChI is InChI=1S/C12H19N3O3S/c1-4-8(10(16)17)6-13-11(18)15-12-14-9(5-2)7(3)19-12/h8H,4-6H2,1-3H3,(H,16,17)(H2,13,14,15,18). The van der Waals surface area contributed by atoms with Gasteiger partial charge in [0, 0.05) is 11.4 Å². The number of thiazole rings is 1. The van der Waals surface area contributed by atoms with Crippen LogP contribution in [0.1, 0.15) is 30.8 Å². The van der Waals surface area contributed by atoms with Crippen LogP contribution in [0, 0.1) is 12.8 Å². The van der Waals surface area contributed by atoms with Crippen molar-refractivity contribution in [3.8, 4) is 0 Å². The average Bonchev–Trinajstić information content (AvgIpc) is 2.69. The van der Waals surface area contributed by atoms with Crippen molar-refractivity contribution in [2.45, 2.75) is 33.6 Å². The lowest BCUT2D eigenvalue weighted by molar-refractivity contribution is -0.141. The molecule has 106 valence electrons. The number of nitrogens with one attached hydrogen (secondary N) is 2. The molecule has 0 spiro atoms. The second-order valence-corrected chi connectivity index (χ2v) is 5.36. The van der Waals surface area contributed by atoms with Crippen molar-refractivity contribution in [2.75, 3.05) is 11.9 Å². The van der Waals surface area contributed by atoms with Gasteiger partial charge in [-0.05, 0) is 19.8 Å². The summed E-state index contributed by atoms with van der Waals surface area (Å²) in [5.74, 6) is -1.46. The minimum Gasteiger partial charge on any atom is -0.481 e. The highest BCUT2D eigenvalue weighted by molar-refractivity contribution is 7.15. The molecule has 1 rings (SSSR count). The normalized spacial score (nSPS) is 11.9. The molecule has 0 aliphatic heterocycles. The number of aryl methyl sites for hydroxylation is 2. The lowest BCUT2D eigenvalue weighted by atomic mass is 10.1. The number of carbonyl (C=O) groups is 2. The maximum absolute atomic E-state index is 11.6. The van der Waals surface area contributed by atoms with Crippen LogP contribution in [0.5, 0.6) is 0 Å². The Balaban J connectivity index is 2.48. The number of carboxylic acids is 1. The zero-order valence-corrected chi connectivity index (χ0v) is 12.1. The van der Waals surface area contributed by atoms with E-state index in [2.05, 4.69) is 15.6 Å². The molecule has 3 N–H and O–H groups in total. The van der Waals surface area contributed by atoms with Gasteiger partial charge in [0.25, 0.3) is 0 Å². The first-order valence-corrected chi connectivity index (χ1v) is 7.03. The number of hydrogen-bond acceptors (Lipinski definition) is 4. The Morgan fingerprint density at radius 2 is 2.11 bits per heavy atom. The Labute approximate surface area is 116 Å². The van der Waals surface area contributed by atoms with Crippen molar-refractivity contribution in [3.63, 3.8) is 0 Å². The molecule has 2 amide bonds. The van der Waals surface area contributed by atoms with E-state index in [0.717, 1.165) is 17.0 Å². The fraction of sp³-hybridized carbons (Fsp3) is 0.583. The Morgan fingerprint density at radius 1 is 1.42 bits per heavy atom. The van der Waals surface area contributed by atoms with E-state index in [-0.39, 0.29) is 6.54 Å². The third-order valence-electron chi connectivity index (χ3n) is 2.80. The Hall–Kier alpha value is -1.63. The molecule has 0 saturated heterocycles. The number of anilines is 1. The maximum atomic E-state index is 11.6. The fourth-order valence-electron chi connectivity index (χ4n) is 1.57. The number of carbonyl (C=O) groups excluding carboxylic acids is 1. The van der Waals surface area contributed by atoms with E-state index in [0.29, 0.717) is 11.6 Å². The molecule has 0 bridgehead atoms. The minimum atomic E-state index is -0.902. The maximum Gasteiger partial charge on any atom is 0.321 e. The predicted molar refractivity (Wildman–Crippen MR) is 74.7 cm³/mol. The molecular formula is C12H19N3O3S. The van der Waals surface area contributed by atoms with Crippen molar-refractivity contribution in [3.05, 3.63) is 10.6 Å². The van der Waals surface area contributed by atoms with Crippen LogP contribution in [-0.4, -0.2) is 28.6 Å². The molecule has 1 atom stereocenters. The van der Waals surface area contributed by atoms with E-state index in [1.807, 2.05) is 13.8 Å². The molecule has 7 heteroatoms. The number of hydrogen-bond donors (Lipinski definition) is 3. The van der Waals surface area contributed by atoms with E-state index in [9.17, 15) is 9.59 Å². The topological polar surface area (TPSA) is 91.3 Å². The molecule has 0 aliphatic rings. The summed E-state index contributed by atoms with van der Waals surface area (Å²) in [6, 6.07) is -0.420. The summed E-state index contributed by atoms with van der Waals surface area (Å²) in [5.41, 5.74) is 0.970. The zero-order chi connectivity index (χ0) is 14.4. The van der Waals surface area contributed by atoms with Gasteiger partial charge in [0.2, 0.25) is 0 Å². The van der Waals surface area contributed by atoms with Gasteiger partial charge in [-0.15, -0.1) is 11.3 Å². The highest BCUT2D eigenvalue weighted by Gasteiger charge is 2.16. The highest BCUT2D eigenvalue weighted by atomic mass is 32.1. The number of urea groups is 1. The van der Waals surface area contributed by atoms with E-state index in [1.54, 1.807) is 6.92 Å². The van der Waals surface area contributed by atoms with E-state index < -0.39 is 17.9 Å². The first-order valence-electron chi connectivity index (χ1n) is 6.21. The van der Waals surface area contributed by atoms with E-state index in [1.165, 1.54) is 11.3 Å². The molecule has 1 heterocycles. The van der Waals surface area contributed by atoms with Crippen molar-refractivity contribution in [1.29, 1.82) is 0 Å². The van der Waals surface area contributed by atoms with Gasteiger partial charge in [0.05, 0.1) is 11.6 Å². The Kier molecular flexibility index (Phi) is 5.75. The quantitative estimate of drug-likeness (QED) is 0.747. The van der Waals surface area contributed by atoms with Crippen LogP contribution < -0.4 is 10.6 Å². The largest absolute Gasteiger partial charge is 0.481 e. The van der Waals surface area contributed by atoms with Gasteiger partial charge in [-0.2, -0.15) is 0 Å². The van der Waals surface area contributed by atoms with Crippen molar-refractivity contribution < 1.29 is 14.7 Å². The predicted octanol–water partition coefficient (Wildman–Crippen LogP) is 2.25. The zero-order valence-electron chi connectivity index (χ0n) is 11.3. The summed E-state index contributed by atoms with van der Waals surface area (Å²) in [5, 5.41) is 14.6. The summed E-state index contributed by atoms with van der Waals surface area (Å²) in [6.07, 6.45) is 1.30. The molecule has 19 heavy (non-hydrogen) atoms. The molecule has 1 aromatic heterocycles. The van der Waals surface area contributed by atoms with Crippen molar-refractivity contribution in [2.24, 2.45) is 5.92 Å². The average molecular weight is 285 g/mol. The van der Waals surface area contributed by atoms with Crippen molar-refractivity contribution in [1.82, 2.24) is 10.3 Å². The number of aromatic nitrogens is 1. The van der Waals surface area contributed by atoms with Crippen LogP contribution in [0.2, 0.25) is 0 Å². The molecule has 0 saturated carbocycles. The first kappa shape index (κ1) is 15.4. The minimum absolute atomic E-state index is 0.114. The lowest BCUT2D eigenvalue weighted by Crippen LogP contribution is -2.35. The fourth-order valence-corrected chi connectivity index (χ4v) is 2.47. The second-order valence-electron chi connectivity index (χ2n) is 4.15. The van der Waals surface area contributed by atoms with Gasteiger partial charge in [-0.1, -0.05) is 13.8 Å². The van der Waals surface area contributed by atoms with Gasteiger partial charge in [0.1, 0.15) is 0 Å². The Morgan fingerprint density at radius 3 is 2.58 bits per heavy atom. The number of rotatable bonds is 6. The first-order chi connectivity index (χ1) is 8.97. The molecule has 0 fully saturated rings. The van der Waals surface area contributed by atoms with Gasteiger partial charge in [0.15, 0.2) is 5.13 Å². The smallest absolute Gasteiger partial charge is 0.321 e. The number of amides is 2.